The van der Waals surface area contributed by atoms with E-state index in [4.69, 9.17) is 4.74 Å². The summed E-state index contributed by atoms with van der Waals surface area (Å²) in [6.45, 7) is 4.59. The summed E-state index contributed by atoms with van der Waals surface area (Å²) in [4.78, 5) is 26.5. The molecule has 1 amide bonds. The third-order valence-corrected chi connectivity index (χ3v) is 5.50. The average Bonchev–Trinajstić information content (AvgIpc) is 2.95. The summed E-state index contributed by atoms with van der Waals surface area (Å²) in [7, 11) is 0. The van der Waals surface area contributed by atoms with Crippen LogP contribution in [-0.4, -0.2) is 48.2 Å². The average molecular weight is 335 g/mol. The molecule has 3 rings (SSSR count). The molecule has 2 saturated heterocycles. The second kappa shape index (κ2) is 5.84. The number of hydrogen-bond donors (Lipinski definition) is 1. The maximum Gasteiger partial charge on any atom is 0.311 e. The van der Waals surface area contributed by atoms with E-state index in [9.17, 15) is 19.1 Å². The van der Waals surface area contributed by atoms with Gasteiger partial charge in [0.25, 0.3) is 0 Å². The van der Waals surface area contributed by atoms with Crippen LogP contribution in [0.15, 0.2) is 24.3 Å². The van der Waals surface area contributed by atoms with E-state index < -0.39 is 22.6 Å². The van der Waals surface area contributed by atoms with Crippen LogP contribution in [0.4, 0.5) is 4.39 Å². The molecule has 2 fully saturated rings. The summed E-state index contributed by atoms with van der Waals surface area (Å²) in [6.07, 6.45) is 0.400. The van der Waals surface area contributed by atoms with Crippen LogP contribution in [0.3, 0.4) is 0 Å². The normalized spacial score (nSPS) is 27.0. The zero-order valence-electron chi connectivity index (χ0n) is 13.9. The molecule has 0 unspecified atom stereocenters. The van der Waals surface area contributed by atoms with Crippen molar-refractivity contribution in [2.45, 2.75) is 25.7 Å². The predicted octanol–water partition coefficient (Wildman–Crippen LogP) is 2.05. The summed E-state index contributed by atoms with van der Waals surface area (Å²) < 4.78 is 19.6. The largest absolute Gasteiger partial charge is 0.481 e. The minimum absolute atomic E-state index is 0.160. The van der Waals surface area contributed by atoms with Crippen molar-refractivity contribution in [1.29, 1.82) is 0 Å². The Morgan fingerprint density at radius 2 is 2.08 bits per heavy atom. The van der Waals surface area contributed by atoms with E-state index in [1.54, 1.807) is 36.9 Å². The fourth-order valence-corrected chi connectivity index (χ4v) is 3.93. The zero-order valence-corrected chi connectivity index (χ0v) is 13.9. The van der Waals surface area contributed by atoms with Crippen LogP contribution in [0.25, 0.3) is 0 Å². The summed E-state index contributed by atoms with van der Waals surface area (Å²) in [5, 5.41) is 9.71. The molecule has 1 aromatic carbocycles. The summed E-state index contributed by atoms with van der Waals surface area (Å²) in [5.41, 5.74) is -1.68. The van der Waals surface area contributed by atoms with Crippen molar-refractivity contribution >= 4 is 11.9 Å². The molecule has 0 spiro atoms. The minimum Gasteiger partial charge on any atom is -0.481 e. The molecule has 2 atom stereocenters. The first-order valence-electron chi connectivity index (χ1n) is 8.14. The number of carbonyl (C=O) groups excluding carboxylic acids is 1. The van der Waals surface area contributed by atoms with E-state index in [1.165, 1.54) is 6.07 Å². The molecule has 5 nitrogen and oxygen atoms in total. The Hall–Kier alpha value is -1.95. The van der Waals surface area contributed by atoms with Crippen molar-refractivity contribution in [3.8, 4) is 0 Å². The Balaban J connectivity index is 1.88. The van der Waals surface area contributed by atoms with Crippen molar-refractivity contribution in [2.75, 3.05) is 26.3 Å². The topological polar surface area (TPSA) is 66.8 Å². The number of amides is 1. The van der Waals surface area contributed by atoms with Gasteiger partial charge < -0.3 is 14.7 Å². The number of benzene rings is 1. The zero-order chi connectivity index (χ0) is 17.5. The highest BCUT2D eigenvalue weighted by atomic mass is 19.1. The Morgan fingerprint density at radius 3 is 2.71 bits per heavy atom. The Bertz CT molecular complexity index is 675. The number of likely N-dealkylation sites (tertiary alicyclic amines) is 1. The van der Waals surface area contributed by atoms with Gasteiger partial charge >= 0.3 is 5.97 Å². The van der Waals surface area contributed by atoms with Gasteiger partial charge in [-0.3, -0.25) is 9.59 Å². The monoisotopic (exact) mass is 335 g/mol. The van der Waals surface area contributed by atoms with Gasteiger partial charge in [0.2, 0.25) is 5.91 Å². The molecule has 24 heavy (non-hydrogen) atoms. The quantitative estimate of drug-likeness (QED) is 0.918. The molecule has 0 aromatic heterocycles. The molecule has 1 aromatic rings. The Morgan fingerprint density at radius 1 is 1.38 bits per heavy atom. The van der Waals surface area contributed by atoms with Crippen molar-refractivity contribution in [2.24, 2.45) is 11.3 Å². The van der Waals surface area contributed by atoms with Crippen LogP contribution in [0.5, 0.6) is 0 Å². The summed E-state index contributed by atoms with van der Waals surface area (Å²) >= 11 is 0. The third-order valence-electron chi connectivity index (χ3n) is 5.50. The molecule has 1 N–H and O–H groups in total. The highest BCUT2D eigenvalue weighted by Gasteiger charge is 2.56. The third kappa shape index (κ3) is 2.49. The van der Waals surface area contributed by atoms with E-state index in [-0.39, 0.29) is 18.4 Å². The standard InChI is InChI=1S/C18H22FNO4/c1-17(2,13-5-3-4-6-14(13)19)15(21)20-9-12-10-24-8-7-18(12,11-20)16(22)23/h3-6,12H,7-11H2,1-2H3,(H,22,23)/t12-,18+/m0/s1. The maximum absolute atomic E-state index is 14.1. The number of carboxylic acids is 1. The summed E-state index contributed by atoms with van der Waals surface area (Å²) in [5.74, 6) is -1.77. The highest BCUT2D eigenvalue weighted by Crippen LogP contribution is 2.44. The Kier molecular flexibility index (Phi) is 4.11. The molecule has 0 saturated carbocycles. The SMILES string of the molecule is CC(C)(C(=O)N1C[C@H]2COCC[C@@]2(C(=O)O)C1)c1ccccc1F. The van der Waals surface area contributed by atoms with Crippen LogP contribution in [0, 0.1) is 17.2 Å². The molecule has 2 aliphatic heterocycles. The van der Waals surface area contributed by atoms with Gasteiger partial charge in [0.05, 0.1) is 17.4 Å². The van der Waals surface area contributed by atoms with Crippen LogP contribution in [-0.2, 0) is 19.7 Å². The van der Waals surface area contributed by atoms with Crippen molar-refractivity contribution in [1.82, 2.24) is 4.90 Å². The van der Waals surface area contributed by atoms with Gasteiger partial charge in [-0.2, -0.15) is 0 Å². The van der Waals surface area contributed by atoms with Gasteiger partial charge in [0, 0.05) is 31.2 Å². The maximum atomic E-state index is 14.1. The molecular weight excluding hydrogens is 313 g/mol. The fourth-order valence-electron chi connectivity index (χ4n) is 3.93. The smallest absolute Gasteiger partial charge is 0.311 e. The second-order valence-corrected chi connectivity index (χ2v) is 7.27. The lowest BCUT2D eigenvalue weighted by molar-refractivity contribution is -0.157. The minimum atomic E-state index is -1.06. The van der Waals surface area contributed by atoms with Crippen LogP contribution in [0.1, 0.15) is 25.8 Å². The molecule has 2 aliphatic rings. The number of nitrogens with zero attached hydrogens (tertiary/aromatic N) is 1. The van der Waals surface area contributed by atoms with Crippen molar-refractivity contribution in [3.63, 3.8) is 0 Å². The summed E-state index contributed by atoms with van der Waals surface area (Å²) in [6, 6.07) is 6.22. The van der Waals surface area contributed by atoms with Gasteiger partial charge in [-0.1, -0.05) is 18.2 Å². The lowest BCUT2D eigenvalue weighted by atomic mass is 9.74. The van der Waals surface area contributed by atoms with Gasteiger partial charge in [0.1, 0.15) is 5.82 Å². The van der Waals surface area contributed by atoms with E-state index >= 15 is 0 Å². The van der Waals surface area contributed by atoms with Gasteiger partial charge in [-0.25, -0.2) is 4.39 Å². The number of hydrogen-bond acceptors (Lipinski definition) is 3. The van der Waals surface area contributed by atoms with Crippen LogP contribution >= 0.6 is 0 Å². The number of ether oxygens (including phenoxy) is 1. The van der Waals surface area contributed by atoms with E-state index in [2.05, 4.69) is 0 Å². The number of halogens is 1. The predicted molar refractivity (Wildman–Crippen MR) is 85.0 cm³/mol. The number of fused-ring (bicyclic) bond motifs is 1. The van der Waals surface area contributed by atoms with Crippen LogP contribution < -0.4 is 0 Å². The number of carbonyl (C=O) groups is 2. The van der Waals surface area contributed by atoms with Crippen molar-refractivity contribution < 1.29 is 23.8 Å². The lowest BCUT2D eigenvalue weighted by Gasteiger charge is -2.34. The first-order valence-corrected chi connectivity index (χ1v) is 8.14. The molecule has 6 heteroatoms. The molecule has 0 radical (unpaired) electrons. The highest BCUT2D eigenvalue weighted by molar-refractivity contribution is 5.89. The first-order chi connectivity index (χ1) is 11.3. The fraction of sp³-hybridized carbons (Fsp3) is 0.556. The molecule has 130 valence electrons. The number of aliphatic carboxylic acids is 1. The first kappa shape index (κ1) is 16.9. The lowest BCUT2D eigenvalue weighted by Crippen LogP contribution is -2.46. The van der Waals surface area contributed by atoms with Gasteiger partial charge in [-0.15, -0.1) is 0 Å². The van der Waals surface area contributed by atoms with E-state index in [0.29, 0.717) is 31.7 Å². The van der Waals surface area contributed by atoms with E-state index in [0.717, 1.165) is 0 Å². The van der Waals surface area contributed by atoms with Gasteiger partial charge in [0.15, 0.2) is 0 Å². The molecule has 2 heterocycles. The van der Waals surface area contributed by atoms with Crippen molar-refractivity contribution in [3.05, 3.63) is 35.6 Å². The second-order valence-electron chi connectivity index (χ2n) is 7.27. The van der Waals surface area contributed by atoms with Crippen LogP contribution in [0.2, 0.25) is 0 Å². The number of carboxylic acid groups (broad SMARTS) is 1. The van der Waals surface area contributed by atoms with Gasteiger partial charge in [-0.05, 0) is 26.3 Å². The van der Waals surface area contributed by atoms with E-state index in [1.807, 2.05) is 0 Å². The molecular formula is C18H22FNO4. The Labute approximate surface area is 140 Å². The molecule has 0 bridgehead atoms. The molecule has 0 aliphatic carbocycles. The number of rotatable bonds is 3.